The SMILES string of the molecule is CC(C)(C)OC(=O)NCCOc1ccc(-c2sc3cc(O)ccc3c2Cc2ccc(OCCN3CCCCC3)cc2)cc1. The predicted octanol–water partition coefficient (Wildman–Crippen LogP) is 7.63. The number of carbonyl (C=O) groups excluding carboxylic acids is 1. The second kappa shape index (κ2) is 14.1. The Morgan fingerprint density at radius 2 is 1.58 bits per heavy atom. The number of rotatable bonds is 11. The second-order valence-electron chi connectivity index (χ2n) is 12.0. The summed E-state index contributed by atoms with van der Waals surface area (Å²) < 4.78 is 18.2. The molecule has 1 fully saturated rings. The third kappa shape index (κ3) is 8.88. The number of amides is 1. The average Bonchev–Trinajstić information content (AvgIpc) is 3.33. The number of nitrogens with one attached hydrogen (secondary N) is 1. The van der Waals surface area contributed by atoms with Gasteiger partial charge in [0.05, 0.1) is 6.54 Å². The number of hydrogen-bond acceptors (Lipinski definition) is 7. The van der Waals surface area contributed by atoms with Crippen molar-refractivity contribution in [2.24, 2.45) is 0 Å². The van der Waals surface area contributed by atoms with E-state index in [9.17, 15) is 9.90 Å². The summed E-state index contributed by atoms with van der Waals surface area (Å²) >= 11 is 1.68. The van der Waals surface area contributed by atoms with Gasteiger partial charge in [0.15, 0.2) is 0 Å². The summed E-state index contributed by atoms with van der Waals surface area (Å²) in [6, 6.07) is 22.0. The van der Waals surface area contributed by atoms with Crippen LogP contribution in [0.15, 0.2) is 66.7 Å². The van der Waals surface area contributed by atoms with E-state index in [-0.39, 0.29) is 5.75 Å². The molecule has 0 bridgehead atoms. The molecule has 3 aromatic carbocycles. The molecule has 43 heavy (non-hydrogen) atoms. The molecule has 4 aromatic rings. The van der Waals surface area contributed by atoms with E-state index >= 15 is 0 Å². The Labute approximate surface area is 258 Å². The predicted molar refractivity (Wildman–Crippen MR) is 174 cm³/mol. The molecular formula is C35H42N2O5S. The number of aromatic hydroxyl groups is 1. The minimum Gasteiger partial charge on any atom is -0.508 e. The van der Waals surface area contributed by atoms with Gasteiger partial charge in [-0.1, -0.05) is 18.6 Å². The number of phenolic OH excluding ortho intramolecular Hbond substituents is 1. The molecule has 0 aliphatic carbocycles. The van der Waals surface area contributed by atoms with Gasteiger partial charge in [0.2, 0.25) is 0 Å². The van der Waals surface area contributed by atoms with E-state index in [2.05, 4.69) is 46.6 Å². The van der Waals surface area contributed by atoms with Crippen LogP contribution in [0.3, 0.4) is 0 Å². The number of carbonyl (C=O) groups is 1. The third-order valence-electron chi connectivity index (χ3n) is 7.36. The highest BCUT2D eigenvalue weighted by Gasteiger charge is 2.17. The number of alkyl carbamates (subject to hydrolysis) is 1. The lowest BCUT2D eigenvalue weighted by atomic mass is 9.99. The van der Waals surface area contributed by atoms with Crippen LogP contribution in [0.5, 0.6) is 17.2 Å². The van der Waals surface area contributed by atoms with Crippen LogP contribution in [-0.2, 0) is 11.2 Å². The smallest absolute Gasteiger partial charge is 0.407 e. The zero-order chi connectivity index (χ0) is 30.2. The number of piperidine rings is 1. The van der Waals surface area contributed by atoms with Crippen molar-refractivity contribution < 1.29 is 24.1 Å². The Hall–Kier alpha value is -3.75. The number of thiophene rings is 1. The van der Waals surface area contributed by atoms with Gasteiger partial charge in [-0.15, -0.1) is 11.3 Å². The lowest BCUT2D eigenvalue weighted by Crippen LogP contribution is -2.34. The minimum absolute atomic E-state index is 0.265. The summed E-state index contributed by atoms with van der Waals surface area (Å²) in [5.41, 5.74) is 2.99. The maximum absolute atomic E-state index is 11.8. The van der Waals surface area contributed by atoms with Crippen LogP contribution >= 0.6 is 11.3 Å². The molecule has 0 saturated carbocycles. The lowest BCUT2D eigenvalue weighted by molar-refractivity contribution is 0.0520. The highest BCUT2D eigenvalue weighted by molar-refractivity contribution is 7.22. The van der Waals surface area contributed by atoms with Crippen LogP contribution in [0, 0.1) is 0 Å². The van der Waals surface area contributed by atoms with Gasteiger partial charge >= 0.3 is 6.09 Å². The Kier molecular flexibility index (Phi) is 10.1. The zero-order valence-corrected chi connectivity index (χ0v) is 26.2. The fourth-order valence-corrected chi connectivity index (χ4v) is 6.53. The molecule has 1 aliphatic rings. The van der Waals surface area contributed by atoms with Crippen molar-refractivity contribution >= 4 is 27.5 Å². The van der Waals surface area contributed by atoms with Crippen LogP contribution in [0.4, 0.5) is 4.79 Å². The molecule has 1 saturated heterocycles. The normalized spacial score (nSPS) is 14.0. The molecule has 1 amide bonds. The molecule has 2 heterocycles. The maximum atomic E-state index is 11.8. The largest absolute Gasteiger partial charge is 0.508 e. The minimum atomic E-state index is -0.533. The number of nitrogens with zero attached hydrogens (tertiary/aromatic N) is 1. The third-order valence-corrected chi connectivity index (χ3v) is 8.61. The van der Waals surface area contributed by atoms with E-state index in [1.165, 1.54) is 48.4 Å². The fraction of sp³-hybridized carbons (Fsp3) is 0.400. The summed E-state index contributed by atoms with van der Waals surface area (Å²) in [4.78, 5) is 15.5. The van der Waals surface area contributed by atoms with Gasteiger partial charge in [0.1, 0.15) is 36.1 Å². The molecule has 5 rings (SSSR count). The topological polar surface area (TPSA) is 80.3 Å². The molecule has 0 spiro atoms. The van der Waals surface area contributed by atoms with Crippen molar-refractivity contribution in [3.8, 4) is 27.7 Å². The number of phenols is 1. The molecule has 7 nitrogen and oxygen atoms in total. The second-order valence-corrected chi connectivity index (χ2v) is 13.0. The van der Waals surface area contributed by atoms with E-state index in [1.807, 2.05) is 45.0 Å². The van der Waals surface area contributed by atoms with E-state index in [0.717, 1.165) is 40.1 Å². The monoisotopic (exact) mass is 602 g/mol. The van der Waals surface area contributed by atoms with Crippen LogP contribution in [0.25, 0.3) is 20.5 Å². The Balaban J connectivity index is 1.23. The molecule has 8 heteroatoms. The van der Waals surface area contributed by atoms with Gasteiger partial charge < -0.3 is 24.6 Å². The number of ether oxygens (including phenoxy) is 3. The van der Waals surface area contributed by atoms with Gasteiger partial charge in [-0.05, 0) is 130 Å². The Morgan fingerprint density at radius 1 is 0.907 bits per heavy atom. The first-order chi connectivity index (χ1) is 20.7. The van der Waals surface area contributed by atoms with Crippen molar-refractivity contribution in [1.29, 1.82) is 0 Å². The first-order valence-electron chi connectivity index (χ1n) is 15.1. The fourth-order valence-electron chi connectivity index (χ4n) is 5.27. The Morgan fingerprint density at radius 3 is 2.28 bits per heavy atom. The van der Waals surface area contributed by atoms with Crippen molar-refractivity contribution in [2.45, 2.75) is 52.1 Å². The van der Waals surface area contributed by atoms with Gasteiger partial charge in [-0.2, -0.15) is 0 Å². The van der Waals surface area contributed by atoms with Crippen molar-refractivity contribution in [3.63, 3.8) is 0 Å². The van der Waals surface area contributed by atoms with E-state index < -0.39 is 11.7 Å². The van der Waals surface area contributed by atoms with E-state index in [1.54, 1.807) is 17.4 Å². The molecule has 0 radical (unpaired) electrons. The van der Waals surface area contributed by atoms with Gasteiger partial charge in [-0.25, -0.2) is 4.79 Å². The summed E-state index contributed by atoms with van der Waals surface area (Å²) in [6.07, 6.45) is 4.24. The van der Waals surface area contributed by atoms with Crippen LogP contribution < -0.4 is 14.8 Å². The van der Waals surface area contributed by atoms with E-state index in [0.29, 0.717) is 19.8 Å². The zero-order valence-electron chi connectivity index (χ0n) is 25.4. The molecule has 228 valence electrons. The molecule has 1 aromatic heterocycles. The maximum Gasteiger partial charge on any atom is 0.407 e. The standard InChI is InChI=1S/C35H42N2O5S/c1-35(2,3)42-34(39)36-17-21-40-29-14-9-26(10-15-29)33-31(30-16-11-27(38)24-32(30)43-33)23-25-7-12-28(13-8-25)41-22-20-37-18-5-4-6-19-37/h7-16,24,38H,4-6,17-23H2,1-3H3,(H,36,39). The summed E-state index contributed by atoms with van der Waals surface area (Å²) in [6.45, 7) is 10.2. The van der Waals surface area contributed by atoms with Crippen LogP contribution in [0.1, 0.15) is 51.2 Å². The molecule has 0 unspecified atom stereocenters. The number of likely N-dealkylation sites (tertiary alicyclic amines) is 1. The quantitative estimate of drug-likeness (QED) is 0.172. The molecular weight excluding hydrogens is 560 g/mol. The van der Waals surface area contributed by atoms with Gasteiger partial charge in [-0.3, -0.25) is 4.90 Å². The van der Waals surface area contributed by atoms with E-state index in [4.69, 9.17) is 14.2 Å². The van der Waals surface area contributed by atoms with Gasteiger partial charge in [0, 0.05) is 16.1 Å². The first-order valence-corrected chi connectivity index (χ1v) is 15.9. The summed E-state index contributed by atoms with van der Waals surface area (Å²) in [5, 5.41) is 14.0. The first kappa shape index (κ1) is 30.7. The highest BCUT2D eigenvalue weighted by atomic mass is 32.1. The molecule has 1 aliphatic heterocycles. The highest BCUT2D eigenvalue weighted by Crippen LogP contribution is 2.41. The van der Waals surface area contributed by atoms with Crippen LogP contribution in [-0.4, -0.2) is 61.1 Å². The summed E-state index contributed by atoms with van der Waals surface area (Å²) in [5.74, 6) is 1.89. The summed E-state index contributed by atoms with van der Waals surface area (Å²) in [7, 11) is 0. The number of hydrogen-bond donors (Lipinski definition) is 2. The Bertz CT molecular complexity index is 1490. The number of fused-ring (bicyclic) bond motifs is 1. The van der Waals surface area contributed by atoms with Crippen molar-refractivity contribution in [2.75, 3.05) is 39.4 Å². The van der Waals surface area contributed by atoms with Crippen LogP contribution in [0.2, 0.25) is 0 Å². The number of benzene rings is 3. The van der Waals surface area contributed by atoms with Crippen molar-refractivity contribution in [3.05, 3.63) is 77.9 Å². The van der Waals surface area contributed by atoms with Crippen molar-refractivity contribution in [1.82, 2.24) is 10.2 Å². The lowest BCUT2D eigenvalue weighted by Gasteiger charge is -2.26. The van der Waals surface area contributed by atoms with Gasteiger partial charge in [0.25, 0.3) is 0 Å². The molecule has 0 atom stereocenters. The molecule has 2 N–H and O–H groups in total. The average molecular weight is 603 g/mol.